The summed E-state index contributed by atoms with van der Waals surface area (Å²) in [6.45, 7) is 0.233. The number of aliphatic hydroxyl groups excluding tert-OH is 1. The molecule has 2 heterocycles. The first-order valence-electron chi connectivity index (χ1n) is 4.95. The van der Waals surface area contributed by atoms with Gasteiger partial charge in [-0.25, -0.2) is 0 Å². The highest BCUT2D eigenvalue weighted by molar-refractivity contribution is 7.98. The summed E-state index contributed by atoms with van der Waals surface area (Å²) in [5.74, 6) is 2.85. The van der Waals surface area contributed by atoms with Crippen LogP contribution < -0.4 is 0 Å². The number of nitrogens with zero attached hydrogens (tertiary/aromatic N) is 2. The Labute approximate surface area is 102 Å². The van der Waals surface area contributed by atoms with Gasteiger partial charge in [-0.2, -0.15) is 11.8 Å². The van der Waals surface area contributed by atoms with Crippen molar-refractivity contribution in [3.05, 3.63) is 23.4 Å². The van der Waals surface area contributed by atoms with Crippen LogP contribution in [0.2, 0.25) is 0 Å². The normalized spacial score (nSPS) is 10.8. The highest BCUT2D eigenvalue weighted by Crippen LogP contribution is 2.24. The van der Waals surface area contributed by atoms with Crippen LogP contribution in [0.4, 0.5) is 0 Å². The van der Waals surface area contributed by atoms with Gasteiger partial charge in [0.15, 0.2) is 0 Å². The fourth-order valence-electron chi connectivity index (χ4n) is 1.14. The molecule has 6 heteroatoms. The molecule has 0 aliphatic carbocycles. The van der Waals surface area contributed by atoms with Gasteiger partial charge < -0.3 is 9.52 Å². The first kappa shape index (κ1) is 11.6. The molecule has 0 fully saturated rings. The maximum Gasteiger partial charge on any atom is 0.257 e. The standard InChI is InChI=1S/C10H12N2O2S2/c13-4-2-5-15-7-9-11-12-10(14-9)8-3-1-6-16-8/h1,3,6,13H,2,4-5,7H2. The molecule has 2 aromatic heterocycles. The van der Waals surface area contributed by atoms with E-state index in [2.05, 4.69) is 10.2 Å². The van der Waals surface area contributed by atoms with E-state index in [4.69, 9.17) is 9.52 Å². The molecule has 4 nitrogen and oxygen atoms in total. The van der Waals surface area contributed by atoms with E-state index >= 15 is 0 Å². The Morgan fingerprint density at radius 1 is 1.44 bits per heavy atom. The minimum Gasteiger partial charge on any atom is -0.419 e. The average molecular weight is 256 g/mol. The van der Waals surface area contributed by atoms with Crippen molar-refractivity contribution >= 4 is 23.1 Å². The molecule has 0 atom stereocenters. The van der Waals surface area contributed by atoms with Crippen molar-refractivity contribution in [2.24, 2.45) is 0 Å². The van der Waals surface area contributed by atoms with Crippen molar-refractivity contribution in [1.29, 1.82) is 0 Å². The molecule has 86 valence electrons. The van der Waals surface area contributed by atoms with Gasteiger partial charge in [0.1, 0.15) is 0 Å². The third-order valence-corrected chi connectivity index (χ3v) is 3.76. The molecule has 0 aliphatic heterocycles. The molecule has 1 N–H and O–H groups in total. The number of thiophene rings is 1. The molecular formula is C10H12N2O2S2. The van der Waals surface area contributed by atoms with Gasteiger partial charge >= 0.3 is 0 Å². The van der Waals surface area contributed by atoms with E-state index in [1.54, 1.807) is 23.1 Å². The maximum absolute atomic E-state index is 8.63. The van der Waals surface area contributed by atoms with Crippen molar-refractivity contribution in [3.8, 4) is 10.8 Å². The highest BCUT2D eigenvalue weighted by atomic mass is 32.2. The molecule has 0 aromatic carbocycles. The summed E-state index contributed by atoms with van der Waals surface area (Å²) in [6, 6.07) is 3.92. The molecule has 2 aromatic rings. The quantitative estimate of drug-likeness (QED) is 0.804. The minimum absolute atomic E-state index is 0.233. The summed E-state index contributed by atoms with van der Waals surface area (Å²) in [6.07, 6.45) is 0.802. The second-order valence-corrected chi connectivity index (χ2v) is 5.16. The zero-order valence-electron chi connectivity index (χ0n) is 8.63. The van der Waals surface area contributed by atoms with Crippen LogP contribution in [0, 0.1) is 0 Å². The van der Waals surface area contributed by atoms with Crippen molar-refractivity contribution in [1.82, 2.24) is 10.2 Å². The Morgan fingerprint density at radius 3 is 3.12 bits per heavy atom. The summed E-state index contributed by atoms with van der Waals surface area (Å²) in [7, 11) is 0. The van der Waals surface area contributed by atoms with E-state index in [1.807, 2.05) is 17.5 Å². The molecule has 2 rings (SSSR count). The molecular weight excluding hydrogens is 244 g/mol. The highest BCUT2D eigenvalue weighted by Gasteiger charge is 2.08. The van der Waals surface area contributed by atoms with Crippen molar-refractivity contribution in [2.45, 2.75) is 12.2 Å². The third-order valence-electron chi connectivity index (χ3n) is 1.87. The van der Waals surface area contributed by atoms with Gasteiger partial charge in [-0.15, -0.1) is 21.5 Å². The Balaban J connectivity index is 1.88. The van der Waals surface area contributed by atoms with Crippen molar-refractivity contribution < 1.29 is 9.52 Å². The van der Waals surface area contributed by atoms with E-state index in [0.717, 1.165) is 17.1 Å². The largest absolute Gasteiger partial charge is 0.419 e. The fraction of sp³-hybridized carbons (Fsp3) is 0.400. The summed E-state index contributed by atoms with van der Waals surface area (Å²) in [5.41, 5.74) is 0. The van der Waals surface area contributed by atoms with Crippen molar-refractivity contribution in [3.63, 3.8) is 0 Å². The lowest BCUT2D eigenvalue weighted by molar-refractivity contribution is 0.296. The molecule has 16 heavy (non-hydrogen) atoms. The maximum atomic E-state index is 8.63. The van der Waals surface area contributed by atoms with E-state index < -0.39 is 0 Å². The summed E-state index contributed by atoms with van der Waals surface area (Å²) in [5, 5.41) is 18.6. The molecule has 0 aliphatic rings. The van der Waals surface area contributed by atoms with Crippen LogP contribution in [0.3, 0.4) is 0 Å². The topological polar surface area (TPSA) is 59.2 Å². The fourth-order valence-corrected chi connectivity index (χ4v) is 2.55. The lowest BCUT2D eigenvalue weighted by Crippen LogP contribution is -1.87. The number of aliphatic hydroxyl groups is 1. The van der Waals surface area contributed by atoms with Crippen molar-refractivity contribution in [2.75, 3.05) is 12.4 Å². The predicted molar refractivity (Wildman–Crippen MR) is 65.5 cm³/mol. The summed E-state index contributed by atoms with van der Waals surface area (Å²) < 4.78 is 5.51. The number of hydrogen-bond donors (Lipinski definition) is 1. The zero-order valence-corrected chi connectivity index (χ0v) is 10.3. The van der Waals surface area contributed by atoms with Crippen LogP contribution in [0.25, 0.3) is 10.8 Å². The SMILES string of the molecule is OCCCSCc1nnc(-c2cccs2)o1. The molecule has 0 amide bonds. The monoisotopic (exact) mass is 256 g/mol. The van der Waals surface area contributed by atoms with Crippen LogP contribution in [0.15, 0.2) is 21.9 Å². The number of aromatic nitrogens is 2. The number of hydrogen-bond acceptors (Lipinski definition) is 6. The van der Waals surface area contributed by atoms with Gasteiger partial charge in [0.2, 0.25) is 5.89 Å². The lowest BCUT2D eigenvalue weighted by Gasteiger charge is -1.94. The Kier molecular flexibility index (Phi) is 4.38. The Morgan fingerprint density at radius 2 is 2.38 bits per heavy atom. The summed E-state index contributed by atoms with van der Waals surface area (Å²) in [4.78, 5) is 0.999. The van der Waals surface area contributed by atoms with Crippen LogP contribution in [-0.4, -0.2) is 27.7 Å². The van der Waals surface area contributed by atoms with Crippen LogP contribution >= 0.6 is 23.1 Å². The summed E-state index contributed by atoms with van der Waals surface area (Å²) >= 11 is 3.27. The molecule has 0 saturated heterocycles. The van der Waals surface area contributed by atoms with Crippen LogP contribution in [-0.2, 0) is 5.75 Å². The van der Waals surface area contributed by atoms with Gasteiger partial charge in [0.05, 0.1) is 10.6 Å². The lowest BCUT2D eigenvalue weighted by atomic mass is 10.5. The predicted octanol–water partition coefficient (Wildman–Crippen LogP) is 2.41. The molecule has 0 radical (unpaired) electrons. The zero-order chi connectivity index (χ0) is 11.2. The molecule has 0 bridgehead atoms. The number of thioether (sulfide) groups is 1. The van der Waals surface area contributed by atoms with Gasteiger partial charge in [-0.05, 0) is 23.6 Å². The third kappa shape index (κ3) is 3.07. The smallest absolute Gasteiger partial charge is 0.257 e. The van der Waals surface area contributed by atoms with Gasteiger partial charge in [0.25, 0.3) is 5.89 Å². The molecule has 0 saturated carbocycles. The van der Waals surface area contributed by atoms with Crippen LogP contribution in [0.5, 0.6) is 0 Å². The van der Waals surface area contributed by atoms with E-state index in [1.165, 1.54) is 0 Å². The van der Waals surface area contributed by atoms with Gasteiger partial charge in [-0.3, -0.25) is 0 Å². The number of rotatable bonds is 6. The van der Waals surface area contributed by atoms with Gasteiger partial charge in [0, 0.05) is 6.61 Å². The first-order chi connectivity index (χ1) is 7.90. The second-order valence-electron chi connectivity index (χ2n) is 3.11. The van der Waals surface area contributed by atoms with E-state index in [0.29, 0.717) is 17.5 Å². The first-order valence-corrected chi connectivity index (χ1v) is 6.98. The van der Waals surface area contributed by atoms with E-state index in [-0.39, 0.29) is 6.61 Å². The minimum atomic E-state index is 0.233. The molecule has 0 unspecified atom stereocenters. The molecule has 0 spiro atoms. The van der Waals surface area contributed by atoms with Gasteiger partial charge in [-0.1, -0.05) is 6.07 Å². The average Bonchev–Trinajstić information content (AvgIpc) is 2.94. The van der Waals surface area contributed by atoms with Crippen LogP contribution in [0.1, 0.15) is 12.3 Å². The second kappa shape index (κ2) is 6.03. The Hall–Kier alpha value is -0.850. The van der Waals surface area contributed by atoms with E-state index in [9.17, 15) is 0 Å². The Bertz CT molecular complexity index is 414.